The van der Waals surface area contributed by atoms with Gasteiger partial charge in [0, 0.05) is 25.5 Å². The van der Waals surface area contributed by atoms with Crippen LogP contribution in [0.15, 0.2) is 47.3 Å². The lowest BCUT2D eigenvalue weighted by Crippen LogP contribution is -2.26. The van der Waals surface area contributed by atoms with E-state index in [-0.39, 0.29) is 23.9 Å². The van der Waals surface area contributed by atoms with E-state index in [2.05, 4.69) is 4.98 Å². The monoisotopic (exact) mass is 483 g/mol. The Hall–Kier alpha value is -3.59. The number of unbranched alkanes of at least 4 members (excludes halogenated alkanes) is 1. The Morgan fingerprint density at radius 2 is 1.77 bits per heavy atom. The third kappa shape index (κ3) is 6.51. The summed E-state index contributed by atoms with van der Waals surface area (Å²) < 4.78 is 20.3. The van der Waals surface area contributed by atoms with Gasteiger partial charge in [-0.25, -0.2) is 14.4 Å². The van der Waals surface area contributed by atoms with Crippen molar-refractivity contribution in [1.82, 2.24) is 14.6 Å². The Bertz CT molecular complexity index is 1280. The molecule has 1 aromatic heterocycles. The number of nitrogens with zero attached hydrogens (tertiary/aromatic N) is 3. The molecule has 0 N–H and O–H groups in total. The maximum absolute atomic E-state index is 13.5. The van der Waals surface area contributed by atoms with Crippen LogP contribution < -0.4 is 5.56 Å². The van der Waals surface area contributed by atoms with Crippen molar-refractivity contribution in [3.63, 3.8) is 0 Å². The predicted molar refractivity (Wildman–Crippen MR) is 130 cm³/mol. The molecule has 9 heteroatoms. The lowest BCUT2D eigenvalue weighted by molar-refractivity contribution is -0.154. The van der Waals surface area contributed by atoms with Gasteiger partial charge in [0.1, 0.15) is 17.2 Å². The lowest BCUT2D eigenvalue weighted by Gasteiger charge is -2.19. The highest BCUT2D eigenvalue weighted by molar-refractivity contribution is 5.97. The first kappa shape index (κ1) is 26.0. The van der Waals surface area contributed by atoms with E-state index in [1.54, 1.807) is 18.2 Å². The number of amides is 1. The van der Waals surface area contributed by atoms with Crippen LogP contribution in [0.25, 0.3) is 16.6 Å². The second kappa shape index (κ2) is 10.8. The maximum Gasteiger partial charge on any atom is 0.306 e. The smallest absolute Gasteiger partial charge is 0.306 e. The molecule has 35 heavy (non-hydrogen) atoms. The zero-order valence-electron chi connectivity index (χ0n) is 20.6. The minimum atomic E-state index is -0.550. The number of benzene rings is 2. The van der Waals surface area contributed by atoms with E-state index in [9.17, 15) is 18.8 Å². The molecule has 2 aromatic carbocycles. The van der Waals surface area contributed by atoms with E-state index in [1.165, 1.54) is 43.0 Å². The molecule has 3 rings (SSSR count). The molecule has 0 radical (unpaired) electrons. The second-order valence-electron chi connectivity index (χ2n) is 9.16. The molecule has 0 saturated carbocycles. The standard InChI is InChI=1S/C26H30FN3O5/c1-26(2,3)35-23(31)9-7-6-8-22-28-21-16-17(24(32)29(4)34-5)10-15-20(21)25(33)30(22)19-13-11-18(27)12-14-19/h10-16H,6-9H2,1-5H3. The van der Waals surface area contributed by atoms with Gasteiger partial charge in [0.2, 0.25) is 0 Å². The van der Waals surface area contributed by atoms with Crippen LogP contribution in [-0.2, 0) is 20.8 Å². The van der Waals surface area contributed by atoms with Gasteiger partial charge in [-0.1, -0.05) is 0 Å². The molecule has 0 unspecified atom stereocenters. The molecule has 3 aromatic rings. The molecule has 186 valence electrons. The number of halogens is 1. The highest BCUT2D eigenvalue weighted by Crippen LogP contribution is 2.18. The van der Waals surface area contributed by atoms with E-state index in [4.69, 9.17) is 9.57 Å². The summed E-state index contributed by atoms with van der Waals surface area (Å²) in [4.78, 5) is 47.6. The summed E-state index contributed by atoms with van der Waals surface area (Å²) >= 11 is 0. The van der Waals surface area contributed by atoms with Crippen LogP contribution >= 0.6 is 0 Å². The number of hydrogen-bond acceptors (Lipinski definition) is 6. The number of esters is 1. The summed E-state index contributed by atoms with van der Waals surface area (Å²) in [6, 6.07) is 10.2. The average Bonchev–Trinajstić information content (AvgIpc) is 2.80. The fourth-order valence-electron chi connectivity index (χ4n) is 3.60. The Balaban J connectivity index is 1.96. The Labute approximate surface area is 203 Å². The van der Waals surface area contributed by atoms with Crippen LogP contribution in [0.1, 0.15) is 56.2 Å². The van der Waals surface area contributed by atoms with Gasteiger partial charge < -0.3 is 4.74 Å². The highest BCUT2D eigenvalue weighted by Gasteiger charge is 2.18. The molecule has 0 aliphatic heterocycles. The molecular formula is C26H30FN3O5. The van der Waals surface area contributed by atoms with Crippen molar-refractivity contribution in [2.75, 3.05) is 14.2 Å². The van der Waals surface area contributed by atoms with E-state index in [0.717, 1.165) is 5.06 Å². The number of carbonyl (C=O) groups excluding carboxylic acids is 2. The number of ether oxygens (including phenoxy) is 1. The minimum absolute atomic E-state index is 0.244. The first-order valence-electron chi connectivity index (χ1n) is 11.4. The van der Waals surface area contributed by atoms with Crippen molar-refractivity contribution >= 4 is 22.8 Å². The summed E-state index contributed by atoms with van der Waals surface area (Å²) in [5, 5.41) is 1.40. The molecule has 0 bridgehead atoms. The fraction of sp³-hybridized carbons (Fsp3) is 0.385. The van der Waals surface area contributed by atoms with Gasteiger partial charge in [-0.15, -0.1) is 0 Å². The van der Waals surface area contributed by atoms with Crippen LogP contribution in [0.3, 0.4) is 0 Å². The third-order valence-corrected chi connectivity index (χ3v) is 5.28. The number of hydroxylamine groups is 2. The van der Waals surface area contributed by atoms with Gasteiger partial charge in [-0.05, 0) is 76.1 Å². The quantitative estimate of drug-likeness (QED) is 0.271. The van der Waals surface area contributed by atoms with Gasteiger partial charge in [-0.2, -0.15) is 0 Å². The van der Waals surface area contributed by atoms with Crippen molar-refractivity contribution in [3.05, 3.63) is 70.0 Å². The van der Waals surface area contributed by atoms with Crippen molar-refractivity contribution in [2.45, 2.75) is 52.1 Å². The molecule has 0 fully saturated rings. The Kier molecular flexibility index (Phi) is 8.01. The highest BCUT2D eigenvalue weighted by atomic mass is 19.1. The summed E-state index contributed by atoms with van der Waals surface area (Å²) in [6.45, 7) is 5.44. The SMILES string of the molecule is CON(C)C(=O)c1ccc2c(=O)n(-c3ccc(F)cc3)c(CCCCC(=O)OC(C)(C)C)nc2c1. The predicted octanol–water partition coefficient (Wildman–Crippen LogP) is 4.21. The third-order valence-electron chi connectivity index (χ3n) is 5.28. The molecule has 0 aliphatic rings. The van der Waals surface area contributed by atoms with Crippen LogP contribution in [0.2, 0.25) is 0 Å². The van der Waals surface area contributed by atoms with E-state index < -0.39 is 11.4 Å². The number of carbonyl (C=O) groups is 2. The first-order chi connectivity index (χ1) is 16.5. The van der Waals surface area contributed by atoms with E-state index >= 15 is 0 Å². The molecule has 0 saturated heterocycles. The second-order valence-corrected chi connectivity index (χ2v) is 9.16. The molecule has 8 nitrogen and oxygen atoms in total. The van der Waals surface area contributed by atoms with Crippen molar-refractivity contribution in [2.24, 2.45) is 0 Å². The first-order valence-corrected chi connectivity index (χ1v) is 11.4. The lowest BCUT2D eigenvalue weighted by atomic mass is 10.1. The molecular weight excluding hydrogens is 453 g/mol. The summed E-state index contributed by atoms with van der Waals surface area (Å²) in [5.41, 5.74) is 0.289. The van der Waals surface area contributed by atoms with Gasteiger partial charge >= 0.3 is 5.97 Å². The zero-order chi connectivity index (χ0) is 25.8. The number of hydrogen-bond donors (Lipinski definition) is 0. The van der Waals surface area contributed by atoms with Crippen molar-refractivity contribution < 1.29 is 23.6 Å². The summed E-state index contributed by atoms with van der Waals surface area (Å²) in [6.07, 6.45) is 1.75. The van der Waals surface area contributed by atoms with Crippen molar-refractivity contribution in [3.8, 4) is 5.69 Å². The van der Waals surface area contributed by atoms with E-state index in [0.29, 0.717) is 47.2 Å². The molecule has 1 amide bonds. The van der Waals surface area contributed by atoms with Crippen molar-refractivity contribution in [1.29, 1.82) is 0 Å². The Morgan fingerprint density at radius 1 is 1.09 bits per heavy atom. The number of rotatable bonds is 8. The molecule has 0 atom stereocenters. The Morgan fingerprint density at radius 3 is 2.40 bits per heavy atom. The van der Waals surface area contributed by atoms with Crippen LogP contribution in [0.5, 0.6) is 0 Å². The summed E-state index contributed by atoms with van der Waals surface area (Å²) in [5.74, 6) is -0.633. The maximum atomic E-state index is 13.5. The molecule has 0 aliphatic carbocycles. The zero-order valence-corrected chi connectivity index (χ0v) is 20.6. The number of fused-ring (bicyclic) bond motifs is 1. The average molecular weight is 484 g/mol. The molecule has 1 heterocycles. The topological polar surface area (TPSA) is 90.7 Å². The van der Waals surface area contributed by atoms with Gasteiger partial charge in [0.15, 0.2) is 0 Å². The van der Waals surface area contributed by atoms with Gasteiger partial charge in [-0.3, -0.25) is 23.8 Å². The van der Waals surface area contributed by atoms with Gasteiger partial charge in [0.05, 0.1) is 23.7 Å². The summed E-state index contributed by atoms with van der Waals surface area (Å²) in [7, 11) is 2.87. The van der Waals surface area contributed by atoms with Crippen LogP contribution in [0, 0.1) is 5.82 Å². The largest absolute Gasteiger partial charge is 0.460 e. The number of aryl methyl sites for hydroxylation is 1. The normalized spacial score (nSPS) is 11.5. The van der Waals surface area contributed by atoms with E-state index in [1.807, 2.05) is 20.8 Å². The van der Waals surface area contributed by atoms with Crippen LogP contribution in [0.4, 0.5) is 4.39 Å². The van der Waals surface area contributed by atoms with Crippen LogP contribution in [-0.4, -0.2) is 46.2 Å². The molecule has 0 spiro atoms. The minimum Gasteiger partial charge on any atom is -0.460 e. The van der Waals surface area contributed by atoms with Gasteiger partial charge in [0.25, 0.3) is 11.5 Å². The fourth-order valence-corrected chi connectivity index (χ4v) is 3.60. The number of aromatic nitrogens is 2.